The molecule has 6 heteroatoms. The van der Waals surface area contributed by atoms with Crippen molar-refractivity contribution in [1.29, 1.82) is 5.26 Å². The minimum Gasteiger partial charge on any atom is -0.497 e. The Hall–Kier alpha value is -3.04. The van der Waals surface area contributed by atoms with Crippen LogP contribution in [0.15, 0.2) is 48.5 Å². The van der Waals surface area contributed by atoms with E-state index in [1.165, 1.54) is 5.56 Å². The number of nitrogens with zero attached hydrogens (tertiary/aromatic N) is 2. The highest BCUT2D eigenvalue weighted by atomic mass is 16.5. The lowest BCUT2D eigenvalue weighted by Crippen LogP contribution is -2.39. The van der Waals surface area contributed by atoms with E-state index in [4.69, 9.17) is 14.7 Å². The summed E-state index contributed by atoms with van der Waals surface area (Å²) in [6.07, 6.45) is 2.15. The molecule has 0 aromatic heterocycles. The zero-order valence-electron chi connectivity index (χ0n) is 16.8. The number of ether oxygens (including phenoxy) is 2. The highest BCUT2D eigenvalue weighted by Gasteiger charge is 2.19. The first-order valence-corrected chi connectivity index (χ1v) is 9.91. The smallest absolute Gasteiger partial charge is 0.257 e. The van der Waals surface area contributed by atoms with Gasteiger partial charge in [0.25, 0.3) is 5.91 Å². The van der Waals surface area contributed by atoms with Crippen LogP contribution in [0.5, 0.6) is 11.5 Å². The van der Waals surface area contributed by atoms with Gasteiger partial charge in [-0.1, -0.05) is 12.1 Å². The van der Waals surface area contributed by atoms with Crippen molar-refractivity contribution in [2.75, 3.05) is 33.4 Å². The average Bonchev–Trinajstić information content (AvgIpc) is 2.78. The Balaban J connectivity index is 1.32. The first-order chi connectivity index (χ1) is 14.2. The number of likely N-dealkylation sites (tertiary alicyclic amines) is 1. The van der Waals surface area contributed by atoms with E-state index in [1.54, 1.807) is 31.4 Å². The van der Waals surface area contributed by atoms with Crippen molar-refractivity contribution in [3.8, 4) is 17.6 Å². The second-order valence-corrected chi connectivity index (χ2v) is 7.30. The molecule has 0 bridgehead atoms. The minimum absolute atomic E-state index is 0.0117. The molecule has 0 aliphatic carbocycles. The van der Waals surface area contributed by atoms with Gasteiger partial charge < -0.3 is 14.8 Å². The summed E-state index contributed by atoms with van der Waals surface area (Å²) in [5.74, 6) is 1.85. The van der Waals surface area contributed by atoms with Crippen molar-refractivity contribution in [2.45, 2.75) is 19.4 Å². The molecule has 1 heterocycles. The molecule has 0 radical (unpaired) electrons. The molecular formula is C23H27N3O3. The fourth-order valence-electron chi connectivity index (χ4n) is 3.42. The lowest BCUT2D eigenvalue weighted by atomic mass is 9.96. The quantitative estimate of drug-likeness (QED) is 0.746. The number of amides is 1. The second-order valence-electron chi connectivity index (χ2n) is 7.30. The van der Waals surface area contributed by atoms with E-state index in [-0.39, 0.29) is 12.5 Å². The number of rotatable bonds is 8. The molecule has 1 saturated heterocycles. The summed E-state index contributed by atoms with van der Waals surface area (Å²) in [6.45, 7) is 3.69. The van der Waals surface area contributed by atoms with Crippen LogP contribution < -0.4 is 14.8 Å². The van der Waals surface area contributed by atoms with Gasteiger partial charge in [-0.2, -0.15) is 5.26 Å². The Morgan fingerprint density at radius 1 is 1.10 bits per heavy atom. The largest absolute Gasteiger partial charge is 0.497 e. The molecular weight excluding hydrogens is 366 g/mol. The second kappa shape index (κ2) is 10.5. The Morgan fingerprint density at radius 2 is 1.76 bits per heavy atom. The fraction of sp³-hybridized carbons (Fsp3) is 0.391. The number of nitriles is 1. The van der Waals surface area contributed by atoms with Gasteiger partial charge in [0.1, 0.15) is 11.5 Å². The molecule has 0 unspecified atom stereocenters. The maximum Gasteiger partial charge on any atom is 0.257 e. The number of hydrogen-bond donors (Lipinski definition) is 1. The Morgan fingerprint density at radius 3 is 2.38 bits per heavy atom. The van der Waals surface area contributed by atoms with Crippen molar-refractivity contribution in [1.82, 2.24) is 10.2 Å². The molecule has 0 saturated carbocycles. The van der Waals surface area contributed by atoms with Gasteiger partial charge in [0.15, 0.2) is 6.61 Å². The normalized spacial score (nSPS) is 14.8. The SMILES string of the molecule is COc1ccc(CN2CCC(CNC(=O)COc3ccc(C#N)cc3)CC2)cc1. The van der Waals surface area contributed by atoms with E-state index < -0.39 is 0 Å². The predicted octanol–water partition coefficient (Wildman–Crippen LogP) is 2.97. The van der Waals surface area contributed by atoms with Crippen molar-refractivity contribution >= 4 is 5.91 Å². The summed E-state index contributed by atoms with van der Waals surface area (Å²) in [7, 11) is 1.68. The lowest BCUT2D eigenvalue weighted by molar-refractivity contribution is -0.123. The van der Waals surface area contributed by atoms with E-state index in [2.05, 4.69) is 28.4 Å². The number of carbonyl (C=O) groups excluding carboxylic acids is 1. The lowest BCUT2D eigenvalue weighted by Gasteiger charge is -2.32. The molecule has 2 aromatic carbocycles. The molecule has 0 spiro atoms. The van der Waals surface area contributed by atoms with E-state index in [1.807, 2.05) is 12.1 Å². The number of hydrogen-bond acceptors (Lipinski definition) is 5. The van der Waals surface area contributed by atoms with Crippen LogP contribution in [-0.4, -0.2) is 44.2 Å². The molecule has 6 nitrogen and oxygen atoms in total. The van der Waals surface area contributed by atoms with Crippen LogP contribution in [0.25, 0.3) is 0 Å². The number of carbonyl (C=O) groups is 1. The topological polar surface area (TPSA) is 74.6 Å². The summed E-state index contributed by atoms with van der Waals surface area (Å²) in [6, 6.07) is 17.0. The predicted molar refractivity (Wildman–Crippen MR) is 111 cm³/mol. The third kappa shape index (κ3) is 6.51. The summed E-state index contributed by atoms with van der Waals surface area (Å²) < 4.78 is 10.7. The monoisotopic (exact) mass is 393 g/mol. The van der Waals surface area contributed by atoms with Crippen molar-refractivity contribution < 1.29 is 14.3 Å². The van der Waals surface area contributed by atoms with E-state index in [0.717, 1.165) is 38.2 Å². The molecule has 1 N–H and O–H groups in total. The van der Waals surface area contributed by atoms with Crippen LogP contribution in [0.4, 0.5) is 0 Å². The van der Waals surface area contributed by atoms with Gasteiger partial charge in [-0.3, -0.25) is 9.69 Å². The molecule has 152 valence electrons. The number of piperidine rings is 1. The molecule has 1 fully saturated rings. The van der Waals surface area contributed by atoms with Crippen molar-refractivity contribution in [3.05, 3.63) is 59.7 Å². The number of methoxy groups -OCH3 is 1. The first-order valence-electron chi connectivity index (χ1n) is 9.91. The zero-order valence-corrected chi connectivity index (χ0v) is 16.8. The maximum absolute atomic E-state index is 12.0. The number of nitrogens with one attached hydrogen (secondary N) is 1. The standard InChI is InChI=1S/C23H27N3O3/c1-28-21-6-4-20(5-7-21)16-26-12-10-19(11-13-26)15-25-23(27)17-29-22-8-2-18(14-24)3-9-22/h2-9,19H,10-13,15-17H2,1H3,(H,25,27). The van der Waals surface area contributed by atoms with Gasteiger partial charge in [-0.15, -0.1) is 0 Å². The fourth-order valence-corrected chi connectivity index (χ4v) is 3.42. The van der Waals surface area contributed by atoms with Gasteiger partial charge in [0, 0.05) is 13.1 Å². The van der Waals surface area contributed by atoms with E-state index in [9.17, 15) is 4.79 Å². The average molecular weight is 393 g/mol. The molecule has 1 amide bonds. The Labute approximate surface area is 172 Å². The molecule has 1 aliphatic rings. The van der Waals surface area contributed by atoms with Crippen LogP contribution in [0.2, 0.25) is 0 Å². The molecule has 1 aliphatic heterocycles. The van der Waals surface area contributed by atoms with Gasteiger partial charge in [0.2, 0.25) is 0 Å². The van der Waals surface area contributed by atoms with Gasteiger partial charge in [-0.05, 0) is 73.8 Å². The van der Waals surface area contributed by atoms with Crippen LogP contribution in [0.1, 0.15) is 24.0 Å². The third-order valence-electron chi connectivity index (χ3n) is 5.21. The highest BCUT2D eigenvalue weighted by molar-refractivity contribution is 5.77. The summed E-state index contributed by atoms with van der Waals surface area (Å²) >= 11 is 0. The summed E-state index contributed by atoms with van der Waals surface area (Å²) in [4.78, 5) is 14.5. The van der Waals surface area contributed by atoms with Crippen LogP contribution in [-0.2, 0) is 11.3 Å². The molecule has 29 heavy (non-hydrogen) atoms. The minimum atomic E-state index is -0.116. The summed E-state index contributed by atoms with van der Waals surface area (Å²) in [5, 5.41) is 11.8. The maximum atomic E-state index is 12.0. The third-order valence-corrected chi connectivity index (χ3v) is 5.21. The summed E-state index contributed by atoms with van der Waals surface area (Å²) in [5.41, 5.74) is 1.86. The number of benzene rings is 2. The molecule has 3 rings (SSSR count). The van der Waals surface area contributed by atoms with E-state index >= 15 is 0 Å². The van der Waals surface area contributed by atoms with Crippen LogP contribution >= 0.6 is 0 Å². The van der Waals surface area contributed by atoms with Crippen LogP contribution in [0.3, 0.4) is 0 Å². The Bertz CT molecular complexity index is 820. The first kappa shape index (κ1) is 20.7. The van der Waals surface area contributed by atoms with Gasteiger partial charge >= 0.3 is 0 Å². The van der Waals surface area contributed by atoms with Crippen molar-refractivity contribution in [3.63, 3.8) is 0 Å². The Kier molecular flexibility index (Phi) is 7.48. The molecule has 2 aromatic rings. The van der Waals surface area contributed by atoms with Gasteiger partial charge in [0.05, 0.1) is 18.7 Å². The van der Waals surface area contributed by atoms with Crippen molar-refractivity contribution in [2.24, 2.45) is 5.92 Å². The highest BCUT2D eigenvalue weighted by Crippen LogP contribution is 2.20. The van der Waals surface area contributed by atoms with Gasteiger partial charge in [-0.25, -0.2) is 0 Å². The van der Waals surface area contributed by atoms with E-state index in [0.29, 0.717) is 23.8 Å². The molecule has 0 atom stereocenters. The van der Waals surface area contributed by atoms with Crippen LogP contribution in [0, 0.1) is 17.2 Å². The zero-order chi connectivity index (χ0) is 20.5.